The highest BCUT2D eigenvalue weighted by Crippen LogP contribution is 2.13. The number of carbonyl (C=O) groups is 1. The molecule has 0 aliphatic rings. The third-order valence-corrected chi connectivity index (χ3v) is 2.20. The molecule has 14 heavy (non-hydrogen) atoms. The van der Waals surface area contributed by atoms with Gasteiger partial charge in [0.15, 0.2) is 0 Å². The van der Waals surface area contributed by atoms with Crippen molar-refractivity contribution >= 4 is 5.91 Å². The number of rotatable bonds is 5. The Balaban J connectivity index is 4.12. The molecule has 0 aliphatic heterocycles. The van der Waals surface area contributed by atoms with Crippen molar-refractivity contribution in [3.8, 4) is 6.07 Å². The van der Waals surface area contributed by atoms with E-state index in [2.05, 4.69) is 16.7 Å². The Morgan fingerprint density at radius 2 is 2.14 bits per heavy atom. The van der Waals surface area contributed by atoms with E-state index in [1.54, 1.807) is 7.05 Å². The van der Waals surface area contributed by atoms with Gasteiger partial charge in [-0.05, 0) is 20.3 Å². The summed E-state index contributed by atoms with van der Waals surface area (Å²) in [5.41, 5.74) is -0.473. The molecule has 0 rings (SSSR count). The highest BCUT2D eigenvalue weighted by atomic mass is 16.2. The molecule has 0 bridgehead atoms. The zero-order valence-electron chi connectivity index (χ0n) is 9.35. The van der Waals surface area contributed by atoms with Gasteiger partial charge in [-0.3, -0.25) is 4.79 Å². The second-order valence-corrected chi connectivity index (χ2v) is 3.93. The Kier molecular flexibility index (Phi) is 5.18. The summed E-state index contributed by atoms with van der Waals surface area (Å²) in [4.78, 5) is 11.4. The van der Waals surface area contributed by atoms with Crippen LogP contribution in [0.25, 0.3) is 0 Å². The lowest BCUT2D eigenvalue weighted by atomic mass is 9.92. The molecule has 0 saturated carbocycles. The van der Waals surface area contributed by atoms with Gasteiger partial charge in [-0.25, -0.2) is 0 Å². The van der Waals surface area contributed by atoms with Gasteiger partial charge < -0.3 is 10.6 Å². The Bertz CT molecular complexity index is 230. The predicted molar refractivity (Wildman–Crippen MR) is 55.5 cm³/mol. The first-order valence-corrected chi connectivity index (χ1v) is 4.83. The first-order chi connectivity index (χ1) is 6.47. The lowest BCUT2D eigenvalue weighted by Gasteiger charge is -2.24. The molecule has 80 valence electrons. The van der Waals surface area contributed by atoms with E-state index in [0.29, 0.717) is 6.54 Å². The fourth-order valence-electron chi connectivity index (χ4n) is 1.08. The molecule has 0 aromatic carbocycles. The Morgan fingerprint density at radius 1 is 1.57 bits per heavy atom. The summed E-state index contributed by atoms with van der Waals surface area (Å²) in [6.45, 7) is 6.15. The minimum atomic E-state index is -0.473. The lowest BCUT2D eigenvalue weighted by molar-refractivity contribution is -0.128. The fraction of sp³-hybridized carbons (Fsp3) is 0.800. The standard InChI is InChI=1S/C10H19N3O/c1-5-8(6-11)13-7-10(2,3)9(14)12-4/h8,13H,5,7H2,1-4H3,(H,12,14). The monoisotopic (exact) mass is 197 g/mol. The largest absolute Gasteiger partial charge is 0.359 e. The van der Waals surface area contributed by atoms with Crippen LogP contribution in [0.1, 0.15) is 27.2 Å². The van der Waals surface area contributed by atoms with Crippen molar-refractivity contribution in [2.45, 2.75) is 33.2 Å². The maximum absolute atomic E-state index is 11.4. The average molecular weight is 197 g/mol. The molecule has 0 radical (unpaired) electrons. The highest BCUT2D eigenvalue weighted by molar-refractivity contribution is 5.81. The summed E-state index contributed by atoms with van der Waals surface area (Å²) >= 11 is 0. The normalized spacial score (nSPS) is 13.1. The van der Waals surface area contributed by atoms with Crippen LogP contribution in [0.4, 0.5) is 0 Å². The zero-order valence-corrected chi connectivity index (χ0v) is 9.35. The van der Waals surface area contributed by atoms with Crippen molar-refractivity contribution in [2.75, 3.05) is 13.6 Å². The summed E-state index contributed by atoms with van der Waals surface area (Å²) in [6.07, 6.45) is 0.750. The van der Waals surface area contributed by atoms with Crippen LogP contribution in [0.15, 0.2) is 0 Å². The summed E-state index contributed by atoms with van der Waals surface area (Å²) in [5, 5.41) is 14.4. The van der Waals surface area contributed by atoms with Crippen molar-refractivity contribution in [1.82, 2.24) is 10.6 Å². The van der Waals surface area contributed by atoms with E-state index in [0.717, 1.165) is 6.42 Å². The van der Waals surface area contributed by atoms with E-state index in [4.69, 9.17) is 5.26 Å². The SMILES string of the molecule is CCC(C#N)NCC(C)(C)C(=O)NC. The Labute approximate surface area is 85.7 Å². The Hall–Kier alpha value is -1.08. The number of nitrogens with zero attached hydrogens (tertiary/aromatic N) is 1. The molecule has 1 amide bonds. The molecule has 0 saturated heterocycles. The van der Waals surface area contributed by atoms with Gasteiger partial charge in [0.1, 0.15) is 0 Å². The van der Waals surface area contributed by atoms with Crippen LogP contribution in [-0.2, 0) is 4.79 Å². The van der Waals surface area contributed by atoms with Gasteiger partial charge in [0, 0.05) is 13.6 Å². The molecular weight excluding hydrogens is 178 g/mol. The number of nitrogens with one attached hydrogen (secondary N) is 2. The molecule has 0 spiro atoms. The van der Waals surface area contributed by atoms with Crippen LogP contribution in [0.2, 0.25) is 0 Å². The maximum atomic E-state index is 11.4. The van der Waals surface area contributed by atoms with Crippen LogP contribution < -0.4 is 10.6 Å². The van der Waals surface area contributed by atoms with E-state index < -0.39 is 5.41 Å². The van der Waals surface area contributed by atoms with Gasteiger partial charge in [-0.1, -0.05) is 6.92 Å². The molecule has 4 nitrogen and oxygen atoms in total. The summed E-state index contributed by atoms with van der Waals surface area (Å²) < 4.78 is 0. The predicted octanol–water partition coefficient (Wildman–Crippen LogP) is 0.650. The molecule has 1 atom stereocenters. The molecule has 0 aromatic rings. The number of nitriles is 1. The average Bonchev–Trinajstić information content (AvgIpc) is 2.18. The van der Waals surface area contributed by atoms with E-state index in [1.807, 2.05) is 20.8 Å². The van der Waals surface area contributed by atoms with Crippen molar-refractivity contribution in [1.29, 1.82) is 5.26 Å². The number of hydrogen-bond donors (Lipinski definition) is 2. The van der Waals surface area contributed by atoms with Crippen LogP contribution in [0.3, 0.4) is 0 Å². The topological polar surface area (TPSA) is 64.9 Å². The van der Waals surface area contributed by atoms with Crippen LogP contribution in [-0.4, -0.2) is 25.5 Å². The zero-order chi connectivity index (χ0) is 11.2. The molecule has 1 unspecified atom stereocenters. The number of amides is 1. The molecule has 0 aliphatic carbocycles. The third-order valence-electron chi connectivity index (χ3n) is 2.20. The third kappa shape index (κ3) is 3.75. The highest BCUT2D eigenvalue weighted by Gasteiger charge is 2.26. The smallest absolute Gasteiger partial charge is 0.226 e. The molecule has 0 fully saturated rings. The van der Waals surface area contributed by atoms with Crippen molar-refractivity contribution in [3.05, 3.63) is 0 Å². The van der Waals surface area contributed by atoms with Crippen LogP contribution in [0.5, 0.6) is 0 Å². The van der Waals surface area contributed by atoms with Gasteiger partial charge in [-0.2, -0.15) is 5.26 Å². The number of hydrogen-bond acceptors (Lipinski definition) is 3. The molecule has 0 heterocycles. The van der Waals surface area contributed by atoms with E-state index in [9.17, 15) is 4.79 Å². The van der Waals surface area contributed by atoms with Crippen LogP contribution in [0, 0.1) is 16.7 Å². The van der Waals surface area contributed by atoms with Gasteiger partial charge in [0.25, 0.3) is 0 Å². The minimum Gasteiger partial charge on any atom is -0.359 e. The van der Waals surface area contributed by atoms with Gasteiger partial charge >= 0.3 is 0 Å². The minimum absolute atomic E-state index is 0.0159. The van der Waals surface area contributed by atoms with Crippen LogP contribution >= 0.6 is 0 Å². The summed E-state index contributed by atoms with van der Waals surface area (Å²) in [6, 6.07) is 1.97. The molecular formula is C10H19N3O. The van der Waals surface area contributed by atoms with E-state index in [1.165, 1.54) is 0 Å². The summed E-state index contributed by atoms with van der Waals surface area (Å²) in [5.74, 6) is -0.0159. The number of carbonyl (C=O) groups excluding carboxylic acids is 1. The van der Waals surface area contributed by atoms with Gasteiger partial charge in [-0.15, -0.1) is 0 Å². The first-order valence-electron chi connectivity index (χ1n) is 4.83. The van der Waals surface area contributed by atoms with Crippen molar-refractivity contribution in [2.24, 2.45) is 5.41 Å². The summed E-state index contributed by atoms with van der Waals surface area (Å²) in [7, 11) is 1.62. The second-order valence-electron chi connectivity index (χ2n) is 3.93. The molecule has 0 aromatic heterocycles. The van der Waals surface area contributed by atoms with Crippen molar-refractivity contribution in [3.63, 3.8) is 0 Å². The quantitative estimate of drug-likeness (QED) is 0.680. The molecule has 4 heteroatoms. The van der Waals surface area contributed by atoms with Gasteiger partial charge in [0.2, 0.25) is 5.91 Å². The first kappa shape index (κ1) is 12.9. The Morgan fingerprint density at radius 3 is 2.50 bits per heavy atom. The lowest BCUT2D eigenvalue weighted by Crippen LogP contribution is -2.44. The molecule has 2 N–H and O–H groups in total. The fourth-order valence-corrected chi connectivity index (χ4v) is 1.08. The van der Waals surface area contributed by atoms with E-state index >= 15 is 0 Å². The van der Waals surface area contributed by atoms with Crippen molar-refractivity contribution < 1.29 is 4.79 Å². The van der Waals surface area contributed by atoms with Gasteiger partial charge in [0.05, 0.1) is 17.5 Å². The van der Waals surface area contributed by atoms with E-state index in [-0.39, 0.29) is 11.9 Å². The maximum Gasteiger partial charge on any atom is 0.226 e. The second kappa shape index (κ2) is 5.61.